The van der Waals surface area contributed by atoms with Gasteiger partial charge in [-0.3, -0.25) is 4.79 Å². The minimum atomic E-state index is -1.07. The molecular formula is C14H14FNO3. The molecule has 0 atom stereocenters. The van der Waals surface area contributed by atoms with E-state index in [0.29, 0.717) is 24.2 Å². The molecule has 1 aliphatic rings. The number of benzene rings is 1. The van der Waals surface area contributed by atoms with Crippen molar-refractivity contribution in [2.24, 2.45) is 0 Å². The average Bonchev–Trinajstić information content (AvgIpc) is 2.65. The zero-order chi connectivity index (χ0) is 14.0. The molecule has 0 aromatic heterocycles. The zero-order valence-electron chi connectivity index (χ0n) is 10.5. The van der Waals surface area contributed by atoms with E-state index < -0.39 is 5.97 Å². The van der Waals surface area contributed by atoms with E-state index in [1.54, 1.807) is 25.1 Å². The van der Waals surface area contributed by atoms with Gasteiger partial charge in [-0.2, -0.15) is 0 Å². The van der Waals surface area contributed by atoms with Crippen LogP contribution in [-0.2, 0) is 16.0 Å². The molecule has 2 rings (SSSR count). The number of rotatable bonds is 4. The van der Waals surface area contributed by atoms with Gasteiger partial charge < -0.3 is 10.0 Å². The number of hydrogen-bond acceptors (Lipinski definition) is 2. The van der Waals surface area contributed by atoms with Crippen molar-refractivity contribution in [3.05, 3.63) is 46.9 Å². The number of allylic oxidation sites excluding steroid dienone is 1. The summed E-state index contributed by atoms with van der Waals surface area (Å²) in [6, 6.07) is 6.36. The van der Waals surface area contributed by atoms with E-state index in [9.17, 15) is 14.0 Å². The Kier molecular flexibility index (Phi) is 3.64. The summed E-state index contributed by atoms with van der Waals surface area (Å²) in [6.45, 7) is 1.90. The summed E-state index contributed by atoms with van der Waals surface area (Å²) in [5, 5.41) is 8.95. The van der Waals surface area contributed by atoms with Crippen LogP contribution in [0, 0.1) is 5.82 Å². The molecule has 0 spiro atoms. The predicted molar refractivity (Wildman–Crippen MR) is 66.8 cm³/mol. The highest BCUT2D eigenvalue weighted by Gasteiger charge is 2.30. The van der Waals surface area contributed by atoms with Gasteiger partial charge in [0.2, 0.25) is 5.91 Å². The van der Waals surface area contributed by atoms with Crippen LogP contribution in [0.5, 0.6) is 0 Å². The van der Waals surface area contributed by atoms with E-state index >= 15 is 0 Å². The van der Waals surface area contributed by atoms with Crippen molar-refractivity contribution < 1.29 is 19.1 Å². The largest absolute Gasteiger partial charge is 0.478 e. The lowest BCUT2D eigenvalue weighted by Gasteiger charge is -2.18. The minimum Gasteiger partial charge on any atom is -0.478 e. The Morgan fingerprint density at radius 2 is 2.11 bits per heavy atom. The third-order valence-corrected chi connectivity index (χ3v) is 3.29. The molecule has 1 aromatic carbocycles. The van der Waals surface area contributed by atoms with Gasteiger partial charge in [0, 0.05) is 12.2 Å². The van der Waals surface area contributed by atoms with Gasteiger partial charge in [-0.25, -0.2) is 9.18 Å². The molecule has 0 bridgehead atoms. The fraction of sp³-hybridized carbons (Fsp3) is 0.286. The molecule has 0 saturated heterocycles. The molecular weight excluding hydrogens is 249 g/mol. The Morgan fingerprint density at radius 3 is 2.68 bits per heavy atom. The van der Waals surface area contributed by atoms with Crippen molar-refractivity contribution in [1.29, 1.82) is 0 Å². The van der Waals surface area contributed by atoms with Crippen LogP contribution in [-0.4, -0.2) is 28.4 Å². The Labute approximate surface area is 110 Å². The smallest absolute Gasteiger partial charge is 0.333 e. The minimum absolute atomic E-state index is 0.0849. The zero-order valence-corrected chi connectivity index (χ0v) is 10.5. The number of nitrogens with zero attached hydrogens (tertiary/aromatic N) is 1. The molecule has 0 fully saturated rings. The molecule has 1 amide bonds. The van der Waals surface area contributed by atoms with E-state index in [2.05, 4.69) is 0 Å². The number of aliphatic carboxylic acids is 1. The van der Waals surface area contributed by atoms with Crippen molar-refractivity contribution in [3.8, 4) is 0 Å². The molecule has 1 aromatic rings. The lowest BCUT2D eigenvalue weighted by molar-refractivity contribution is -0.134. The molecule has 19 heavy (non-hydrogen) atoms. The van der Waals surface area contributed by atoms with Crippen LogP contribution in [0.4, 0.5) is 4.39 Å². The fourth-order valence-corrected chi connectivity index (χ4v) is 2.18. The van der Waals surface area contributed by atoms with E-state index in [0.717, 1.165) is 0 Å². The van der Waals surface area contributed by atoms with Crippen LogP contribution >= 0.6 is 0 Å². The van der Waals surface area contributed by atoms with E-state index in [-0.39, 0.29) is 23.7 Å². The predicted octanol–water partition coefficient (Wildman–Crippen LogP) is 1.96. The summed E-state index contributed by atoms with van der Waals surface area (Å²) in [4.78, 5) is 24.1. The Morgan fingerprint density at radius 1 is 1.42 bits per heavy atom. The van der Waals surface area contributed by atoms with E-state index in [1.807, 2.05) is 0 Å². The molecule has 4 nitrogen and oxygen atoms in total. The van der Waals surface area contributed by atoms with Crippen molar-refractivity contribution >= 4 is 11.9 Å². The molecule has 1 aliphatic heterocycles. The molecule has 5 heteroatoms. The number of carboxylic acids is 1. The van der Waals surface area contributed by atoms with Crippen LogP contribution in [0.1, 0.15) is 18.9 Å². The fourth-order valence-electron chi connectivity index (χ4n) is 2.18. The van der Waals surface area contributed by atoms with Crippen molar-refractivity contribution in [1.82, 2.24) is 4.90 Å². The third-order valence-electron chi connectivity index (χ3n) is 3.29. The normalized spacial score (nSPS) is 15.3. The highest BCUT2D eigenvalue weighted by atomic mass is 19.1. The Bertz CT molecular complexity index is 566. The molecule has 0 saturated carbocycles. The molecule has 0 radical (unpaired) electrons. The maximum absolute atomic E-state index is 13.5. The average molecular weight is 263 g/mol. The van der Waals surface area contributed by atoms with Gasteiger partial charge in [0.1, 0.15) is 5.82 Å². The summed E-state index contributed by atoms with van der Waals surface area (Å²) in [5.74, 6) is -1.63. The lowest BCUT2D eigenvalue weighted by atomic mass is 10.1. The van der Waals surface area contributed by atoms with Crippen LogP contribution in [0.2, 0.25) is 0 Å². The first-order valence-electron chi connectivity index (χ1n) is 5.97. The summed E-state index contributed by atoms with van der Waals surface area (Å²) >= 11 is 0. The maximum Gasteiger partial charge on any atom is 0.333 e. The number of carbonyl (C=O) groups is 2. The van der Waals surface area contributed by atoms with Crippen molar-refractivity contribution in [2.75, 3.05) is 6.54 Å². The van der Waals surface area contributed by atoms with Gasteiger partial charge in [-0.1, -0.05) is 18.2 Å². The molecule has 1 heterocycles. The topological polar surface area (TPSA) is 57.6 Å². The number of halogens is 1. The summed E-state index contributed by atoms with van der Waals surface area (Å²) in [7, 11) is 0. The summed E-state index contributed by atoms with van der Waals surface area (Å²) in [6.07, 6.45) is 0.279. The second-order valence-corrected chi connectivity index (χ2v) is 4.43. The van der Waals surface area contributed by atoms with Gasteiger partial charge in [-0.05, 0) is 25.0 Å². The number of carboxylic acid groups (broad SMARTS) is 1. The van der Waals surface area contributed by atoms with Gasteiger partial charge >= 0.3 is 5.97 Å². The van der Waals surface area contributed by atoms with Crippen molar-refractivity contribution in [3.63, 3.8) is 0 Å². The Balaban J connectivity index is 2.10. The third kappa shape index (κ3) is 2.65. The van der Waals surface area contributed by atoms with Crippen LogP contribution in [0.25, 0.3) is 0 Å². The van der Waals surface area contributed by atoms with Crippen molar-refractivity contribution in [2.45, 2.75) is 19.8 Å². The standard InChI is InChI=1S/C14H14FNO3/c1-9-11(14(18)19)8-13(17)16(9)7-6-10-4-2-3-5-12(10)15/h2-5H,6-8H2,1H3,(H,18,19). The first-order chi connectivity index (χ1) is 9.00. The highest BCUT2D eigenvalue weighted by molar-refractivity contribution is 5.99. The van der Waals surface area contributed by atoms with Gasteiger partial charge in [0.15, 0.2) is 0 Å². The van der Waals surface area contributed by atoms with Crippen LogP contribution in [0.3, 0.4) is 0 Å². The highest BCUT2D eigenvalue weighted by Crippen LogP contribution is 2.24. The van der Waals surface area contributed by atoms with Crippen LogP contribution in [0.15, 0.2) is 35.5 Å². The van der Waals surface area contributed by atoms with Gasteiger partial charge in [0.05, 0.1) is 12.0 Å². The second-order valence-electron chi connectivity index (χ2n) is 4.43. The molecule has 1 N–H and O–H groups in total. The number of hydrogen-bond donors (Lipinski definition) is 1. The summed E-state index contributed by atoms with van der Waals surface area (Å²) in [5.41, 5.74) is 1.10. The van der Waals surface area contributed by atoms with Gasteiger partial charge in [-0.15, -0.1) is 0 Å². The van der Waals surface area contributed by atoms with E-state index in [1.165, 1.54) is 11.0 Å². The Hall–Kier alpha value is -2.17. The first kappa shape index (κ1) is 13.3. The molecule has 100 valence electrons. The molecule has 0 aliphatic carbocycles. The number of amides is 1. The number of carbonyl (C=O) groups excluding carboxylic acids is 1. The summed E-state index contributed by atoms with van der Waals surface area (Å²) < 4.78 is 13.5. The van der Waals surface area contributed by atoms with Crippen LogP contribution < -0.4 is 0 Å². The monoisotopic (exact) mass is 263 g/mol. The molecule has 0 unspecified atom stereocenters. The van der Waals surface area contributed by atoms with Gasteiger partial charge in [0.25, 0.3) is 0 Å². The quantitative estimate of drug-likeness (QED) is 0.903. The SMILES string of the molecule is CC1=C(C(=O)O)CC(=O)N1CCc1ccccc1F. The lowest BCUT2D eigenvalue weighted by Crippen LogP contribution is -2.26. The van der Waals surface area contributed by atoms with E-state index in [4.69, 9.17) is 5.11 Å². The maximum atomic E-state index is 13.5. The second kappa shape index (κ2) is 5.22. The first-order valence-corrected chi connectivity index (χ1v) is 5.97.